The van der Waals surface area contributed by atoms with Gasteiger partial charge < -0.3 is 130 Å². The molecule has 1 amide bonds. The van der Waals surface area contributed by atoms with Gasteiger partial charge in [0.25, 0.3) is 0 Å². The third-order valence-corrected chi connectivity index (χ3v) is 10.7. The number of nitrogens with one attached hydrogen (secondary N) is 1. The third kappa shape index (κ3) is 10.5. The summed E-state index contributed by atoms with van der Waals surface area (Å²) < 4.78 is 49.8. The number of carbonyl (C=O) groups excluding carboxylic acids is 1. The number of carbonyl (C=O) groups is 1. The van der Waals surface area contributed by atoms with Gasteiger partial charge >= 0.3 is 0 Å². The topological polar surface area (TPSA) is 436 Å². The van der Waals surface area contributed by atoms with Gasteiger partial charge in [-0.2, -0.15) is 0 Å². The highest BCUT2D eigenvalue weighted by molar-refractivity contribution is 5.73. The van der Waals surface area contributed by atoms with Crippen LogP contribution in [0.3, 0.4) is 0 Å². The highest BCUT2D eigenvalue weighted by Crippen LogP contribution is 2.34. The molecule has 25 atom stereocenters. The first-order valence-corrected chi connectivity index (χ1v) is 18.6. The molecule has 59 heavy (non-hydrogen) atoms. The lowest BCUT2D eigenvalue weighted by molar-refractivity contribution is -0.380. The Hall–Kier alpha value is -1.53. The standard InChI is InChI=1S/C32H55NO26/c1-7(37)33-13-18(42)26(10(4-36)53-28(13)50)58-32-25(49)27(59-31-24(48)20(44)15(39)9(3-35)55-31)17(41)12(57-32)6-52-30-23(47)21(45)16(40)11(56-30)5-51-29-22(46)19(43)14(38)8(2-34)54-29/h8-32,34-36,38-50H,2-6H2,1H3,(H,33,37)/t8-,9-,10-,11-,12-,13-,14-,15-,16-,17-,18-,19+,20+,21+,22+,23+,24+,25+,26-,27+,28-,29+,30+,31-,32+/m1/s1. The van der Waals surface area contributed by atoms with E-state index in [4.69, 9.17) is 42.6 Å². The smallest absolute Gasteiger partial charge is 0.217 e. The number of aliphatic hydroxyl groups excluding tert-OH is 16. The lowest BCUT2D eigenvalue weighted by atomic mass is 9.95. The fourth-order valence-electron chi connectivity index (χ4n) is 7.22. The van der Waals surface area contributed by atoms with Gasteiger partial charge in [0, 0.05) is 6.92 Å². The van der Waals surface area contributed by atoms with Crippen molar-refractivity contribution in [2.75, 3.05) is 33.0 Å². The van der Waals surface area contributed by atoms with E-state index in [1.807, 2.05) is 0 Å². The van der Waals surface area contributed by atoms with Crippen molar-refractivity contribution < 1.29 is 129 Å². The number of aliphatic hydroxyl groups is 16. The molecule has 5 rings (SSSR count). The predicted octanol–water partition coefficient (Wildman–Crippen LogP) is -11.8. The Morgan fingerprint density at radius 3 is 1.32 bits per heavy atom. The van der Waals surface area contributed by atoms with E-state index in [0.29, 0.717) is 0 Å². The first-order valence-electron chi connectivity index (χ1n) is 18.6. The number of ether oxygens (including phenoxy) is 9. The van der Waals surface area contributed by atoms with E-state index in [2.05, 4.69) is 5.32 Å². The van der Waals surface area contributed by atoms with Crippen LogP contribution in [0.1, 0.15) is 6.92 Å². The summed E-state index contributed by atoms with van der Waals surface area (Å²) in [6, 6.07) is -1.55. The minimum absolute atomic E-state index is 0.715. The van der Waals surface area contributed by atoms with Gasteiger partial charge in [-0.3, -0.25) is 4.79 Å². The molecule has 0 bridgehead atoms. The molecule has 0 spiro atoms. The molecule has 0 radical (unpaired) electrons. The molecule has 0 aliphatic carbocycles. The maximum absolute atomic E-state index is 11.8. The maximum Gasteiger partial charge on any atom is 0.217 e. The van der Waals surface area contributed by atoms with E-state index >= 15 is 0 Å². The second-order valence-electron chi connectivity index (χ2n) is 14.8. The van der Waals surface area contributed by atoms with Crippen LogP contribution in [0, 0.1) is 0 Å². The predicted molar refractivity (Wildman–Crippen MR) is 178 cm³/mol. The zero-order valence-electron chi connectivity index (χ0n) is 31.2. The van der Waals surface area contributed by atoms with Gasteiger partial charge in [0.2, 0.25) is 5.91 Å². The third-order valence-electron chi connectivity index (χ3n) is 10.7. The fourth-order valence-corrected chi connectivity index (χ4v) is 7.22. The van der Waals surface area contributed by atoms with Gasteiger partial charge in [0.1, 0.15) is 122 Å². The minimum Gasteiger partial charge on any atom is -0.394 e. The van der Waals surface area contributed by atoms with Crippen molar-refractivity contribution in [3.05, 3.63) is 0 Å². The largest absolute Gasteiger partial charge is 0.394 e. The van der Waals surface area contributed by atoms with Crippen molar-refractivity contribution >= 4 is 5.91 Å². The van der Waals surface area contributed by atoms with Gasteiger partial charge in [-0.15, -0.1) is 0 Å². The molecule has 0 unspecified atom stereocenters. The van der Waals surface area contributed by atoms with Crippen molar-refractivity contribution in [2.45, 2.75) is 160 Å². The molecule has 0 aromatic rings. The van der Waals surface area contributed by atoms with Gasteiger partial charge in [0.05, 0.1) is 33.0 Å². The average molecular weight is 870 g/mol. The normalized spacial score (nSPS) is 51.0. The van der Waals surface area contributed by atoms with Crippen molar-refractivity contribution in [3.8, 4) is 0 Å². The van der Waals surface area contributed by atoms with Crippen LogP contribution in [-0.2, 0) is 47.4 Å². The number of rotatable bonds is 14. The summed E-state index contributed by atoms with van der Waals surface area (Å²) in [6.45, 7) is -3.09. The molecule has 5 saturated heterocycles. The van der Waals surface area contributed by atoms with Crippen LogP contribution in [0.25, 0.3) is 0 Å². The molecule has 5 fully saturated rings. The molecular weight excluding hydrogens is 814 g/mol. The molecule has 0 saturated carbocycles. The summed E-state index contributed by atoms with van der Waals surface area (Å²) in [7, 11) is 0. The SMILES string of the molecule is CC(=O)N[C@@H]1[C@@H](O)[C@H](O[C@@H]2O[C@H](CO[C@H]3O[C@H](CO[C@H]4O[C@H](CO)[C@@H](O)[C@H](O)[C@@H]4O)[C@@H](O)[C@H](O)[C@@H]3O)[C@@H](O)[C@H](O[C@H]3O[C@H](CO)[C@@H](O)[C@H](O)[C@@H]3O)[C@@H]2O)[C@@H](CO)O[C@H]1O. The van der Waals surface area contributed by atoms with Crippen LogP contribution in [0.4, 0.5) is 0 Å². The van der Waals surface area contributed by atoms with Crippen LogP contribution >= 0.6 is 0 Å². The van der Waals surface area contributed by atoms with Crippen molar-refractivity contribution in [3.63, 3.8) is 0 Å². The summed E-state index contributed by atoms with van der Waals surface area (Å²) in [5.41, 5.74) is 0. The maximum atomic E-state index is 11.8. The van der Waals surface area contributed by atoms with E-state index in [1.165, 1.54) is 0 Å². The molecule has 0 aromatic heterocycles. The first-order chi connectivity index (χ1) is 27.8. The summed E-state index contributed by atoms with van der Waals surface area (Å²) in [6.07, 6.45) is -43.9. The Labute approximate surface area is 333 Å². The second kappa shape index (κ2) is 20.8. The number of hydrogen-bond donors (Lipinski definition) is 17. The lowest BCUT2D eigenvalue weighted by Gasteiger charge is -2.48. The monoisotopic (exact) mass is 869 g/mol. The van der Waals surface area contributed by atoms with Crippen LogP contribution in [0.2, 0.25) is 0 Å². The van der Waals surface area contributed by atoms with E-state index in [1.54, 1.807) is 0 Å². The van der Waals surface area contributed by atoms with Crippen LogP contribution in [0.15, 0.2) is 0 Å². The van der Waals surface area contributed by atoms with Crippen LogP contribution < -0.4 is 5.32 Å². The Balaban J connectivity index is 1.34. The van der Waals surface area contributed by atoms with E-state index < -0.39 is 192 Å². The molecular formula is C32H55NO26. The molecule has 0 aromatic carbocycles. The molecule has 27 heteroatoms. The van der Waals surface area contributed by atoms with Gasteiger partial charge in [0.15, 0.2) is 31.5 Å². The lowest BCUT2D eigenvalue weighted by Crippen LogP contribution is -2.68. The average Bonchev–Trinajstić information content (AvgIpc) is 3.21. The highest BCUT2D eigenvalue weighted by atomic mass is 16.8. The zero-order chi connectivity index (χ0) is 43.6. The fraction of sp³-hybridized carbons (Fsp3) is 0.969. The summed E-state index contributed by atoms with van der Waals surface area (Å²) in [4.78, 5) is 11.8. The van der Waals surface area contributed by atoms with Gasteiger partial charge in [-0.25, -0.2) is 0 Å². The van der Waals surface area contributed by atoms with Crippen LogP contribution in [-0.4, -0.2) is 274 Å². The molecule has 27 nitrogen and oxygen atoms in total. The highest BCUT2D eigenvalue weighted by Gasteiger charge is 2.55. The Morgan fingerprint density at radius 2 is 0.831 bits per heavy atom. The van der Waals surface area contributed by atoms with E-state index in [9.17, 15) is 86.5 Å². The van der Waals surface area contributed by atoms with Crippen LogP contribution in [0.5, 0.6) is 0 Å². The summed E-state index contributed by atoms with van der Waals surface area (Å²) >= 11 is 0. The summed E-state index contributed by atoms with van der Waals surface area (Å²) in [5, 5.41) is 169. The Kier molecular flexibility index (Phi) is 17.1. The molecule has 5 aliphatic rings. The Bertz CT molecular complexity index is 1320. The van der Waals surface area contributed by atoms with Gasteiger partial charge in [-0.1, -0.05) is 0 Å². The van der Waals surface area contributed by atoms with Gasteiger partial charge in [-0.05, 0) is 0 Å². The number of hydrogen-bond acceptors (Lipinski definition) is 26. The Morgan fingerprint density at radius 1 is 0.441 bits per heavy atom. The molecule has 5 heterocycles. The van der Waals surface area contributed by atoms with Crippen molar-refractivity contribution in [2.24, 2.45) is 0 Å². The zero-order valence-corrected chi connectivity index (χ0v) is 31.2. The summed E-state index contributed by atoms with van der Waals surface area (Å²) in [5.74, 6) is -0.715. The molecule has 5 aliphatic heterocycles. The van der Waals surface area contributed by atoms with E-state index in [0.717, 1.165) is 6.92 Å². The molecule has 17 N–H and O–H groups in total. The van der Waals surface area contributed by atoms with Crippen molar-refractivity contribution in [1.29, 1.82) is 0 Å². The number of amides is 1. The quantitative estimate of drug-likeness (QED) is 0.0770. The van der Waals surface area contributed by atoms with E-state index in [-0.39, 0.29) is 0 Å². The second-order valence-corrected chi connectivity index (χ2v) is 14.8. The minimum atomic E-state index is -2.14. The van der Waals surface area contributed by atoms with Crippen molar-refractivity contribution in [1.82, 2.24) is 5.32 Å². The first kappa shape index (κ1) is 48.5. The molecule has 344 valence electrons.